The highest BCUT2D eigenvalue weighted by atomic mass is 35.5. The van der Waals surface area contributed by atoms with Crippen molar-refractivity contribution in [2.75, 3.05) is 0 Å². The molecule has 0 aliphatic heterocycles. The van der Waals surface area contributed by atoms with Crippen LogP contribution in [0.5, 0.6) is 0 Å². The van der Waals surface area contributed by atoms with Crippen LogP contribution in [0.4, 0.5) is 0 Å². The zero-order valence-corrected chi connectivity index (χ0v) is 17.9. The van der Waals surface area contributed by atoms with Crippen molar-refractivity contribution < 1.29 is 4.42 Å². The Morgan fingerprint density at radius 2 is 1.84 bits per heavy atom. The number of aromatic nitrogens is 5. The average molecular weight is 444 g/mol. The number of fused-ring (bicyclic) bond motifs is 2. The Hall–Kier alpha value is -3.55. The number of aryl methyl sites for hydroxylation is 1. The molecule has 0 saturated carbocycles. The Morgan fingerprint density at radius 3 is 2.65 bits per heavy atom. The summed E-state index contributed by atoms with van der Waals surface area (Å²) < 4.78 is 7.20. The molecule has 0 radical (unpaired) electrons. The van der Waals surface area contributed by atoms with Gasteiger partial charge in [-0.2, -0.15) is 9.61 Å². The summed E-state index contributed by atoms with van der Waals surface area (Å²) in [5, 5.41) is 15.9. The molecule has 0 saturated heterocycles. The van der Waals surface area contributed by atoms with Gasteiger partial charge in [0.25, 0.3) is 0 Å². The molecule has 4 heterocycles. The van der Waals surface area contributed by atoms with Crippen molar-refractivity contribution in [3.63, 3.8) is 0 Å². The highest BCUT2D eigenvalue weighted by Gasteiger charge is 2.19. The molecule has 0 aliphatic carbocycles. The zero-order chi connectivity index (χ0) is 20.9. The maximum Gasteiger partial charge on any atom is 0.235 e. The lowest BCUT2D eigenvalue weighted by atomic mass is 10.0. The van der Waals surface area contributed by atoms with E-state index in [0.717, 1.165) is 44.1 Å². The SMILES string of the molecule is Cc1occc1-c1nnc2sc(-c3cc(-c4ccccc4)nc4ccc(Cl)cc34)nn12. The second-order valence-electron chi connectivity index (χ2n) is 7.10. The molecular formula is C23H14ClN5OS. The van der Waals surface area contributed by atoms with Crippen molar-refractivity contribution in [3.05, 3.63) is 77.7 Å². The van der Waals surface area contributed by atoms with E-state index in [9.17, 15) is 0 Å². The first-order valence-electron chi connectivity index (χ1n) is 9.60. The summed E-state index contributed by atoms with van der Waals surface area (Å²) in [5.74, 6) is 1.43. The Kier molecular flexibility index (Phi) is 4.12. The average Bonchev–Trinajstić information content (AvgIpc) is 3.49. The smallest absolute Gasteiger partial charge is 0.235 e. The first-order chi connectivity index (χ1) is 15.2. The van der Waals surface area contributed by atoms with Crippen LogP contribution in [-0.2, 0) is 0 Å². The molecular weight excluding hydrogens is 430 g/mol. The van der Waals surface area contributed by atoms with Crippen LogP contribution in [0.1, 0.15) is 5.76 Å². The van der Waals surface area contributed by atoms with E-state index in [-0.39, 0.29) is 0 Å². The minimum absolute atomic E-state index is 0.653. The number of halogens is 1. The first kappa shape index (κ1) is 18.2. The minimum Gasteiger partial charge on any atom is -0.469 e. The third-order valence-corrected chi connectivity index (χ3v) is 6.33. The van der Waals surface area contributed by atoms with Crippen LogP contribution in [0.2, 0.25) is 5.02 Å². The molecule has 31 heavy (non-hydrogen) atoms. The molecule has 6 aromatic rings. The van der Waals surface area contributed by atoms with Crippen LogP contribution in [0, 0.1) is 6.92 Å². The third-order valence-electron chi connectivity index (χ3n) is 5.16. The first-order valence-corrected chi connectivity index (χ1v) is 10.8. The van der Waals surface area contributed by atoms with Crippen LogP contribution in [0.25, 0.3) is 49.1 Å². The third kappa shape index (κ3) is 3.01. The number of hydrogen-bond acceptors (Lipinski definition) is 6. The zero-order valence-electron chi connectivity index (χ0n) is 16.3. The molecule has 2 aromatic carbocycles. The van der Waals surface area contributed by atoms with Crippen LogP contribution >= 0.6 is 22.9 Å². The van der Waals surface area contributed by atoms with Gasteiger partial charge in [-0.15, -0.1) is 10.2 Å². The molecule has 4 aromatic heterocycles. The molecule has 0 unspecified atom stereocenters. The van der Waals surface area contributed by atoms with Gasteiger partial charge in [0.1, 0.15) is 10.8 Å². The van der Waals surface area contributed by atoms with Crippen molar-refractivity contribution in [3.8, 4) is 33.2 Å². The summed E-state index contributed by atoms with van der Waals surface area (Å²) in [6.07, 6.45) is 1.64. The molecule has 0 bridgehead atoms. The van der Waals surface area contributed by atoms with Gasteiger partial charge in [0.05, 0.1) is 23.0 Å². The molecule has 0 atom stereocenters. The lowest BCUT2D eigenvalue weighted by Gasteiger charge is -2.08. The summed E-state index contributed by atoms with van der Waals surface area (Å²) in [5.41, 5.74) is 4.60. The second-order valence-corrected chi connectivity index (χ2v) is 8.49. The van der Waals surface area contributed by atoms with Crippen LogP contribution < -0.4 is 0 Å². The van der Waals surface area contributed by atoms with E-state index >= 15 is 0 Å². The van der Waals surface area contributed by atoms with Crippen molar-refractivity contribution >= 4 is 38.8 Å². The van der Waals surface area contributed by atoms with Gasteiger partial charge in [0, 0.05) is 21.5 Å². The fourth-order valence-electron chi connectivity index (χ4n) is 3.64. The topological polar surface area (TPSA) is 69.1 Å². The molecule has 0 fully saturated rings. The monoisotopic (exact) mass is 443 g/mol. The number of furan rings is 1. The van der Waals surface area contributed by atoms with Gasteiger partial charge < -0.3 is 4.42 Å². The van der Waals surface area contributed by atoms with Gasteiger partial charge >= 0.3 is 0 Å². The Balaban J connectivity index is 1.60. The molecule has 0 aliphatic rings. The number of benzene rings is 2. The lowest BCUT2D eigenvalue weighted by molar-refractivity contribution is 0.535. The second kappa shape index (κ2) is 7.01. The maximum absolute atomic E-state index is 6.32. The van der Waals surface area contributed by atoms with Crippen molar-refractivity contribution in [2.45, 2.75) is 6.92 Å². The number of nitrogens with zero attached hydrogens (tertiary/aromatic N) is 5. The number of rotatable bonds is 3. The minimum atomic E-state index is 0.653. The van der Waals surface area contributed by atoms with Crippen LogP contribution in [-0.4, -0.2) is 24.8 Å². The largest absolute Gasteiger partial charge is 0.469 e. The predicted octanol–water partition coefficient (Wildman–Crippen LogP) is 6.29. The van der Waals surface area contributed by atoms with Crippen molar-refractivity contribution in [1.29, 1.82) is 0 Å². The van der Waals surface area contributed by atoms with Gasteiger partial charge in [0.2, 0.25) is 4.96 Å². The van der Waals surface area contributed by atoms with Gasteiger partial charge in [-0.25, -0.2) is 4.98 Å². The molecule has 6 rings (SSSR count). The lowest BCUT2D eigenvalue weighted by Crippen LogP contribution is -1.93. The summed E-state index contributed by atoms with van der Waals surface area (Å²) in [7, 11) is 0. The normalized spacial score (nSPS) is 11.5. The van der Waals surface area contributed by atoms with Crippen molar-refractivity contribution in [2.24, 2.45) is 0 Å². The highest BCUT2D eigenvalue weighted by Crippen LogP contribution is 2.36. The van der Waals surface area contributed by atoms with Gasteiger partial charge in [-0.3, -0.25) is 0 Å². The fraction of sp³-hybridized carbons (Fsp3) is 0.0435. The van der Waals surface area contributed by atoms with E-state index in [2.05, 4.69) is 16.3 Å². The van der Waals surface area contributed by atoms with E-state index in [4.69, 9.17) is 26.1 Å². The molecule has 8 heteroatoms. The standard InChI is InChI=1S/C23H14ClN5OS/c1-13-16(9-10-30-13)21-26-27-23-29(21)28-22(31-23)18-12-20(14-5-3-2-4-6-14)25-19-8-7-15(24)11-17(18)19/h2-12H,1H3. The number of hydrogen-bond donors (Lipinski definition) is 0. The van der Waals surface area contributed by atoms with E-state index < -0.39 is 0 Å². The molecule has 150 valence electrons. The van der Waals surface area contributed by atoms with E-state index in [1.54, 1.807) is 10.8 Å². The van der Waals surface area contributed by atoms with E-state index in [1.807, 2.05) is 61.5 Å². The van der Waals surface area contributed by atoms with Gasteiger partial charge in [-0.05, 0) is 37.3 Å². The van der Waals surface area contributed by atoms with E-state index in [1.165, 1.54) is 11.3 Å². The molecule has 6 nitrogen and oxygen atoms in total. The molecule has 0 spiro atoms. The summed E-state index contributed by atoms with van der Waals surface area (Å²) in [4.78, 5) is 5.56. The van der Waals surface area contributed by atoms with Crippen LogP contribution in [0.3, 0.4) is 0 Å². The maximum atomic E-state index is 6.32. The molecule has 0 amide bonds. The van der Waals surface area contributed by atoms with Crippen molar-refractivity contribution in [1.82, 2.24) is 24.8 Å². The van der Waals surface area contributed by atoms with E-state index in [0.29, 0.717) is 15.8 Å². The predicted molar refractivity (Wildman–Crippen MR) is 122 cm³/mol. The highest BCUT2D eigenvalue weighted by molar-refractivity contribution is 7.20. The Labute approximate surface area is 185 Å². The number of pyridine rings is 1. The summed E-state index contributed by atoms with van der Waals surface area (Å²) in [6, 6.07) is 19.8. The Morgan fingerprint density at radius 1 is 0.968 bits per heavy atom. The van der Waals surface area contributed by atoms with Gasteiger partial charge in [-0.1, -0.05) is 53.3 Å². The summed E-state index contributed by atoms with van der Waals surface area (Å²) in [6.45, 7) is 1.90. The Bertz CT molecular complexity index is 1570. The summed E-state index contributed by atoms with van der Waals surface area (Å²) >= 11 is 7.80. The molecule has 0 N–H and O–H groups in total. The van der Waals surface area contributed by atoms with Gasteiger partial charge in [0.15, 0.2) is 5.82 Å². The quantitative estimate of drug-likeness (QED) is 0.321. The van der Waals surface area contributed by atoms with Crippen LogP contribution in [0.15, 0.2) is 71.3 Å². The fourth-order valence-corrected chi connectivity index (χ4v) is 4.68.